The molecule has 1 aromatic carbocycles. The van der Waals surface area contributed by atoms with Crippen LogP contribution in [0.15, 0.2) is 29.6 Å². The summed E-state index contributed by atoms with van der Waals surface area (Å²) in [5, 5.41) is 11.3. The van der Waals surface area contributed by atoms with E-state index in [0.717, 1.165) is 22.5 Å². The number of nitrogens with two attached hydrogens (primary N) is 1. The van der Waals surface area contributed by atoms with Crippen LogP contribution in [0.4, 0.5) is 5.69 Å². The van der Waals surface area contributed by atoms with E-state index in [1.165, 1.54) is 0 Å². The van der Waals surface area contributed by atoms with Crippen LogP contribution in [0.5, 0.6) is 0 Å². The van der Waals surface area contributed by atoms with Gasteiger partial charge >= 0.3 is 5.97 Å². The fourth-order valence-corrected chi connectivity index (χ4v) is 2.35. The standard InChI is InChI=1S/C11H8ClNO2S/c12-7-3-1-6(2-4-7)8-5-16-10(9(8)13)11(14)15/h1-5H,13H2,(H,14,15). The van der Waals surface area contributed by atoms with Gasteiger partial charge < -0.3 is 10.8 Å². The molecule has 5 heteroatoms. The van der Waals surface area contributed by atoms with Gasteiger partial charge in [0, 0.05) is 16.0 Å². The minimum Gasteiger partial charge on any atom is -0.477 e. The smallest absolute Gasteiger partial charge is 0.348 e. The van der Waals surface area contributed by atoms with E-state index in [1.807, 2.05) is 12.1 Å². The zero-order chi connectivity index (χ0) is 11.7. The molecule has 3 N–H and O–H groups in total. The average Bonchev–Trinajstić information content (AvgIpc) is 2.61. The monoisotopic (exact) mass is 253 g/mol. The Balaban J connectivity index is 2.49. The van der Waals surface area contributed by atoms with Crippen molar-refractivity contribution in [3.8, 4) is 11.1 Å². The van der Waals surface area contributed by atoms with Crippen molar-refractivity contribution < 1.29 is 9.90 Å². The molecule has 2 rings (SSSR count). The van der Waals surface area contributed by atoms with Crippen molar-refractivity contribution in [2.75, 3.05) is 5.73 Å². The Labute approximate surface area is 101 Å². The fraction of sp³-hybridized carbons (Fsp3) is 0. The van der Waals surface area contributed by atoms with Gasteiger partial charge in [0.2, 0.25) is 0 Å². The maximum atomic E-state index is 10.8. The van der Waals surface area contributed by atoms with E-state index in [0.29, 0.717) is 10.7 Å². The summed E-state index contributed by atoms with van der Waals surface area (Å²) in [6.07, 6.45) is 0. The largest absolute Gasteiger partial charge is 0.477 e. The van der Waals surface area contributed by atoms with Gasteiger partial charge in [0.05, 0.1) is 5.69 Å². The van der Waals surface area contributed by atoms with Crippen LogP contribution in [0.2, 0.25) is 5.02 Å². The second kappa shape index (κ2) is 4.15. The predicted octanol–water partition coefficient (Wildman–Crippen LogP) is 3.35. The first-order valence-electron chi connectivity index (χ1n) is 4.46. The number of nitrogen functional groups attached to an aromatic ring is 1. The van der Waals surface area contributed by atoms with E-state index in [-0.39, 0.29) is 4.88 Å². The molecule has 0 saturated heterocycles. The van der Waals surface area contributed by atoms with Gasteiger partial charge in [0.1, 0.15) is 4.88 Å². The van der Waals surface area contributed by atoms with Gasteiger partial charge in [-0.3, -0.25) is 0 Å². The van der Waals surface area contributed by atoms with Crippen LogP contribution in [0.3, 0.4) is 0 Å². The molecule has 0 spiro atoms. The van der Waals surface area contributed by atoms with Crippen molar-refractivity contribution in [1.29, 1.82) is 0 Å². The van der Waals surface area contributed by atoms with Gasteiger partial charge in [0.25, 0.3) is 0 Å². The third-order valence-corrected chi connectivity index (χ3v) is 3.41. The van der Waals surface area contributed by atoms with Crippen molar-refractivity contribution in [3.63, 3.8) is 0 Å². The van der Waals surface area contributed by atoms with Crippen LogP contribution in [-0.2, 0) is 0 Å². The Morgan fingerprint density at radius 2 is 1.94 bits per heavy atom. The van der Waals surface area contributed by atoms with E-state index in [4.69, 9.17) is 22.4 Å². The SMILES string of the molecule is Nc1c(-c2ccc(Cl)cc2)csc1C(=O)O. The molecular weight excluding hydrogens is 246 g/mol. The maximum Gasteiger partial charge on any atom is 0.348 e. The Kier molecular flexibility index (Phi) is 2.85. The van der Waals surface area contributed by atoms with Crippen molar-refractivity contribution in [3.05, 3.63) is 39.5 Å². The number of aromatic carboxylic acids is 1. The molecule has 0 bridgehead atoms. The quantitative estimate of drug-likeness (QED) is 0.863. The molecule has 0 fully saturated rings. The highest BCUT2D eigenvalue weighted by Crippen LogP contribution is 2.34. The number of halogens is 1. The normalized spacial score (nSPS) is 10.3. The molecular formula is C11H8ClNO2S. The summed E-state index contributed by atoms with van der Waals surface area (Å²) in [6.45, 7) is 0. The summed E-state index contributed by atoms with van der Waals surface area (Å²) in [5.41, 5.74) is 7.68. The second-order valence-corrected chi connectivity index (χ2v) is 4.52. The number of carboxylic acid groups (broad SMARTS) is 1. The molecule has 0 aliphatic heterocycles. The van der Waals surface area contributed by atoms with Gasteiger partial charge in [-0.1, -0.05) is 23.7 Å². The molecule has 1 aromatic heterocycles. The van der Waals surface area contributed by atoms with Crippen LogP contribution in [0, 0.1) is 0 Å². The lowest BCUT2D eigenvalue weighted by Crippen LogP contribution is -1.98. The Bertz CT molecular complexity index is 533. The van der Waals surface area contributed by atoms with Crippen LogP contribution in [0.1, 0.15) is 9.67 Å². The summed E-state index contributed by atoms with van der Waals surface area (Å²) in [6, 6.07) is 7.11. The van der Waals surface area contributed by atoms with Crippen LogP contribution in [0.25, 0.3) is 11.1 Å². The number of carbonyl (C=O) groups is 1. The molecule has 0 aliphatic rings. The van der Waals surface area contributed by atoms with Gasteiger partial charge in [-0.2, -0.15) is 0 Å². The zero-order valence-electron chi connectivity index (χ0n) is 8.11. The minimum atomic E-state index is -0.997. The second-order valence-electron chi connectivity index (χ2n) is 3.20. The van der Waals surface area contributed by atoms with E-state index in [1.54, 1.807) is 17.5 Å². The first kappa shape index (κ1) is 11.0. The lowest BCUT2D eigenvalue weighted by Gasteiger charge is -2.00. The van der Waals surface area contributed by atoms with E-state index in [2.05, 4.69) is 0 Å². The van der Waals surface area contributed by atoms with Crippen molar-refractivity contribution in [2.45, 2.75) is 0 Å². The minimum absolute atomic E-state index is 0.171. The number of hydrogen-bond donors (Lipinski definition) is 2. The molecule has 0 radical (unpaired) electrons. The Hall–Kier alpha value is -1.52. The maximum absolute atomic E-state index is 10.8. The molecule has 2 aromatic rings. The first-order chi connectivity index (χ1) is 7.59. The lowest BCUT2D eigenvalue weighted by molar-refractivity contribution is 0.0703. The summed E-state index contributed by atoms with van der Waals surface area (Å²) in [7, 11) is 0. The fourth-order valence-electron chi connectivity index (χ4n) is 1.39. The molecule has 0 atom stereocenters. The number of benzene rings is 1. The van der Waals surface area contributed by atoms with E-state index in [9.17, 15) is 4.79 Å². The molecule has 16 heavy (non-hydrogen) atoms. The topological polar surface area (TPSA) is 63.3 Å². The van der Waals surface area contributed by atoms with E-state index >= 15 is 0 Å². The molecule has 82 valence electrons. The molecule has 0 saturated carbocycles. The number of anilines is 1. The lowest BCUT2D eigenvalue weighted by atomic mass is 10.1. The number of hydrogen-bond acceptors (Lipinski definition) is 3. The summed E-state index contributed by atoms with van der Waals surface area (Å²) < 4.78 is 0. The summed E-state index contributed by atoms with van der Waals surface area (Å²) in [5.74, 6) is -0.997. The zero-order valence-corrected chi connectivity index (χ0v) is 9.68. The van der Waals surface area contributed by atoms with Crippen molar-refractivity contribution in [2.24, 2.45) is 0 Å². The Morgan fingerprint density at radius 3 is 2.44 bits per heavy atom. The van der Waals surface area contributed by atoms with Gasteiger partial charge in [-0.25, -0.2) is 4.79 Å². The highest BCUT2D eigenvalue weighted by Gasteiger charge is 2.15. The van der Waals surface area contributed by atoms with Crippen LogP contribution in [-0.4, -0.2) is 11.1 Å². The van der Waals surface area contributed by atoms with Crippen molar-refractivity contribution >= 4 is 34.6 Å². The van der Waals surface area contributed by atoms with Crippen LogP contribution >= 0.6 is 22.9 Å². The van der Waals surface area contributed by atoms with Crippen molar-refractivity contribution in [1.82, 2.24) is 0 Å². The number of rotatable bonds is 2. The highest BCUT2D eigenvalue weighted by atomic mass is 35.5. The molecule has 3 nitrogen and oxygen atoms in total. The van der Waals surface area contributed by atoms with Gasteiger partial charge in [0.15, 0.2) is 0 Å². The third kappa shape index (κ3) is 1.89. The Morgan fingerprint density at radius 1 is 1.31 bits per heavy atom. The number of thiophene rings is 1. The predicted molar refractivity (Wildman–Crippen MR) is 66.1 cm³/mol. The molecule has 0 unspecified atom stereocenters. The summed E-state index contributed by atoms with van der Waals surface area (Å²) >= 11 is 6.90. The summed E-state index contributed by atoms with van der Waals surface area (Å²) in [4.78, 5) is 11.0. The van der Waals surface area contributed by atoms with E-state index < -0.39 is 5.97 Å². The first-order valence-corrected chi connectivity index (χ1v) is 5.71. The molecule has 1 heterocycles. The highest BCUT2D eigenvalue weighted by molar-refractivity contribution is 7.13. The number of carboxylic acids is 1. The third-order valence-electron chi connectivity index (χ3n) is 2.18. The van der Waals surface area contributed by atoms with Gasteiger partial charge in [-0.05, 0) is 17.7 Å². The van der Waals surface area contributed by atoms with Crippen LogP contribution < -0.4 is 5.73 Å². The van der Waals surface area contributed by atoms with Gasteiger partial charge in [-0.15, -0.1) is 11.3 Å². The average molecular weight is 254 g/mol. The molecule has 0 aliphatic carbocycles. The molecule has 0 amide bonds.